The van der Waals surface area contributed by atoms with E-state index in [2.05, 4.69) is 25.3 Å². The lowest BCUT2D eigenvalue weighted by Gasteiger charge is -2.01. The second kappa shape index (κ2) is 4.13. The Kier molecular flexibility index (Phi) is 2.36. The van der Waals surface area contributed by atoms with Crippen molar-refractivity contribution in [3.8, 4) is 11.4 Å². The van der Waals surface area contributed by atoms with Crippen molar-refractivity contribution < 1.29 is 4.79 Å². The number of fused-ring (bicyclic) bond motifs is 2. The van der Waals surface area contributed by atoms with E-state index in [9.17, 15) is 9.59 Å². The second-order valence-corrected chi connectivity index (χ2v) is 5.22. The van der Waals surface area contributed by atoms with Gasteiger partial charge in [0.15, 0.2) is 10.4 Å². The molecule has 1 aliphatic heterocycles. The first-order chi connectivity index (χ1) is 10.1. The van der Waals surface area contributed by atoms with Crippen molar-refractivity contribution in [2.75, 3.05) is 5.32 Å². The van der Waals surface area contributed by atoms with Gasteiger partial charge in [-0.05, 0) is 23.8 Å². The lowest BCUT2D eigenvalue weighted by atomic mass is 10.1. The molecule has 0 unspecified atom stereocenters. The van der Waals surface area contributed by atoms with Crippen LogP contribution in [0, 0.1) is 4.77 Å². The summed E-state index contributed by atoms with van der Waals surface area (Å²) in [5.41, 5.74) is 2.94. The van der Waals surface area contributed by atoms with Crippen LogP contribution in [-0.4, -0.2) is 25.8 Å². The van der Waals surface area contributed by atoms with E-state index >= 15 is 0 Å². The molecule has 21 heavy (non-hydrogen) atoms. The molecule has 7 nitrogen and oxygen atoms in total. The van der Waals surface area contributed by atoms with Gasteiger partial charge < -0.3 is 15.3 Å². The topological polar surface area (TPSA) is 106 Å². The van der Waals surface area contributed by atoms with E-state index in [0.717, 1.165) is 16.8 Å². The highest BCUT2D eigenvalue weighted by Gasteiger charge is 2.18. The molecule has 0 atom stereocenters. The monoisotopic (exact) mass is 299 g/mol. The SMILES string of the molecule is O=C1Cc2ccc(-c3nc4[nH]c(=S)[nH]c(=O)c4[nH]3)cc2N1. The van der Waals surface area contributed by atoms with Crippen molar-refractivity contribution in [3.63, 3.8) is 0 Å². The molecule has 1 aromatic carbocycles. The highest BCUT2D eigenvalue weighted by Crippen LogP contribution is 2.28. The van der Waals surface area contributed by atoms with Crippen LogP contribution in [0.4, 0.5) is 5.69 Å². The van der Waals surface area contributed by atoms with Crippen molar-refractivity contribution in [3.05, 3.63) is 38.9 Å². The summed E-state index contributed by atoms with van der Waals surface area (Å²) in [5, 5.41) is 2.79. The summed E-state index contributed by atoms with van der Waals surface area (Å²) in [5.74, 6) is 0.517. The first kappa shape index (κ1) is 12.0. The number of rotatable bonds is 1. The molecule has 0 radical (unpaired) electrons. The van der Waals surface area contributed by atoms with Gasteiger partial charge in [-0.1, -0.05) is 12.1 Å². The van der Waals surface area contributed by atoms with Gasteiger partial charge in [-0.3, -0.25) is 14.6 Å². The maximum Gasteiger partial charge on any atom is 0.277 e. The molecule has 104 valence electrons. The lowest BCUT2D eigenvalue weighted by Crippen LogP contribution is -2.07. The normalized spacial score (nSPS) is 13.4. The number of hydrogen-bond donors (Lipinski definition) is 4. The molecule has 1 aliphatic rings. The average Bonchev–Trinajstić information content (AvgIpc) is 2.99. The van der Waals surface area contributed by atoms with Gasteiger partial charge in [0, 0.05) is 11.3 Å². The fourth-order valence-corrected chi connectivity index (χ4v) is 2.62. The first-order valence-corrected chi connectivity index (χ1v) is 6.66. The van der Waals surface area contributed by atoms with Crippen LogP contribution in [0.3, 0.4) is 0 Å². The number of amides is 1. The van der Waals surface area contributed by atoms with Gasteiger partial charge in [-0.15, -0.1) is 0 Å². The number of carbonyl (C=O) groups is 1. The van der Waals surface area contributed by atoms with E-state index in [1.165, 1.54) is 0 Å². The summed E-state index contributed by atoms with van der Waals surface area (Å²) in [4.78, 5) is 35.8. The summed E-state index contributed by atoms with van der Waals surface area (Å²) in [7, 11) is 0. The van der Waals surface area contributed by atoms with Crippen molar-refractivity contribution in [2.24, 2.45) is 0 Å². The third-order valence-electron chi connectivity index (χ3n) is 3.40. The van der Waals surface area contributed by atoms with Crippen LogP contribution in [0.5, 0.6) is 0 Å². The van der Waals surface area contributed by atoms with Crippen LogP contribution in [0.25, 0.3) is 22.6 Å². The minimum absolute atomic E-state index is 0.0210. The predicted octanol–water partition coefficient (Wildman–Crippen LogP) is 1.47. The smallest absolute Gasteiger partial charge is 0.277 e. The van der Waals surface area contributed by atoms with E-state index in [4.69, 9.17) is 12.2 Å². The third kappa shape index (κ3) is 1.88. The van der Waals surface area contributed by atoms with Crippen molar-refractivity contribution in [1.29, 1.82) is 0 Å². The van der Waals surface area contributed by atoms with Crippen LogP contribution in [-0.2, 0) is 11.2 Å². The molecular weight excluding hydrogens is 290 g/mol. The van der Waals surface area contributed by atoms with Gasteiger partial charge in [0.05, 0.1) is 6.42 Å². The zero-order valence-corrected chi connectivity index (χ0v) is 11.4. The fraction of sp³-hybridized carbons (Fsp3) is 0.0769. The Morgan fingerprint density at radius 2 is 2.00 bits per heavy atom. The van der Waals surface area contributed by atoms with Crippen molar-refractivity contribution >= 4 is 35.0 Å². The van der Waals surface area contributed by atoms with Crippen molar-refractivity contribution in [2.45, 2.75) is 6.42 Å². The molecule has 3 heterocycles. The first-order valence-electron chi connectivity index (χ1n) is 6.25. The maximum absolute atomic E-state index is 11.8. The van der Waals surface area contributed by atoms with Crippen LogP contribution in [0.2, 0.25) is 0 Å². The highest BCUT2D eigenvalue weighted by molar-refractivity contribution is 7.71. The lowest BCUT2D eigenvalue weighted by molar-refractivity contribution is -0.115. The summed E-state index contributed by atoms with van der Waals surface area (Å²) >= 11 is 4.92. The molecule has 0 bridgehead atoms. The molecule has 4 N–H and O–H groups in total. The van der Waals surface area contributed by atoms with E-state index in [0.29, 0.717) is 23.4 Å². The van der Waals surface area contributed by atoms with Gasteiger partial charge in [0.25, 0.3) is 5.56 Å². The van der Waals surface area contributed by atoms with Crippen LogP contribution >= 0.6 is 12.2 Å². The molecule has 4 rings (SSSR count). The third-order valence-corrected chi connectivity index (χ3v) is 3.60. The second-order valence-electron chi connectivity index (χ2n) is 4.81. The minimum atomic E-state index is -0.318. The van der Waals surface area contributed by atoms with Gasteiger partial charge in [0.2, 0.25) is 5.91 Å². The molecule has 0 fully saturated rings. The average molecular weight is 299 g/mol. The summed E-state index contributed by atoms with van der Waals surface area (Å²) < 4.78 is 0.228. The van der Waals surface area contributed by atoms with Crippen LogP contribution in [0.15, 0.2) is 23.0 Å². The minimum Gasteiger partial charge on any atom is -0.332 e. The molecular formula is C13H9N5O2S. The quantitative estimate of drug-likeness (QED) is 0.510. The molecule has 8 heteroatoms. The number of carbonyl (C=O) groups excluding carboxylic acids is 1. The Labute approximate surface area is 122 Å². The zero-order valence-electron chi connectivity index (χ0n) is 10.6. The number of imidazole rings is 1. The van der Waals surface area contributed by atoms with Gasteiger partial charge >= 0.3 is 0 Å². The predicted molar refractivity (Wildman–Crippen MR) is 79.7 cm³/mol. The number of anilines is 1. The van der Waals surface area contributed by atoms with E-state index in [1.807, 2.05) is 18.2 Å². The highest BCUT2D eigenvalue weighted by atomic mass is 32.1. The number of hydrogen-bond acceptors (Lipinski definition) is 4. The Hall–Kier alpha value is -2.74. The molecule has 1 amide bonds. The van der Waals surface area contributed by atoms with E-state index in [-0.39, 0.29) is 16.2 Å². The van der Waals surface area contributed by atoms with Gasteiger partial charge in [0.1, 0.15) is 11.3 Å². The Morgan fingerprint density at radius 1 is 1.14 bits per heavy atom. The Balaban J connectivity index is 1.90. The molecule has 0 saturated heterocycles. The van der Waals surface area contributed by atoms with Crippen LogP contribution in [0.1, 0.15) is 5.56 Å². The standard InChI is InChI=1S/C13H9N5O2S/c19-8-4-5-1-2-6(3-7(5)14-8)10-15-9-11(16-10)17-13(21)18-12(9)20/h1-3H,4H2,(H,14,19)(H3,15,16,17,18,20,21). The molecule has 0 aliphatic carbocycles. The number of nitrogens with zero attached hydrogens (tertiary/aromatic N) is 1. The Morgan fingerprint density at radius 3 is 2.86 bits per heavy atom. The molecule has 0 saturated carbocycles. The summed E-state index contributed by atoms with van der Waals surface area (Å²) in [6.45, 7) is 0. The maximum atomic E-state index is 11.8. The van der Waals surface area contributed by atoms with Crippen molar-refractivity contribution in [1.82, 2.24) is 19.9 Å². The largest absolute Gasteiger partial charge is 0.332 e. The number of nitrogens with one attached hydrogen (secondary N) is 4. The molecule has 0 spiro atoms. The number of aromatic amines is 3. The van der Waals surface area contributed by atoms with Gasteiger partial charge in [-0.2, -0.15) is 0 Å². The van der Waals surface area contributed by atoms with E-state index in [1.54, 1.807) is 0 Å². The Bertz CT molecular complexity index is 1010. The molecule has 2 aromatic heterocycles. The number of H-pyrrole nitrogens is 3. The summed E-state index contributed by atoms with van der Waals surface area (Å²) in [6.07, 6.45) is 0.391. The molecule has 3 aromatic rings. The fourth-order valence-electron chi connectivity index (χ4n) is 2.43. The van der Waals surface area contributed by atoms with Crippen LogP contribution < -0.4 is 10.9 Å². The summed E-state index contributed by atoms with van der Waals surface area (Å²) in [6, 6.07) is 5.57. The number of aromatic nitrogens is 4. The number of benzene rings is 1. The zero-order chi connectivity index (χ0) is 14.6. The van der Waals surface area contributed by atoms with E-state index < -0.39 is 0 Å². The van der Waals surface area contributed by atoms with Gasteiger partial charge in [-0.25, -0.2) is 4.98 Å².